The van der Waals surface area contributed by atoms with Gasteiger partial charge in [0.05, 0.1) is 16.9 Å². The summed E-state index contributed by atoms with van der Waals surface area (Å²) >= 11 is 10.7. The summed E-state index contributed by atoms with van der Waals surface area (Å²) in [5.41, 5.74) is 5.32. The van der Waals surface area contributed by atoms with Crippen molar-refractivity contribution in [1.29, 1.82) is 0 Å². The lowest BCUT2D eigenvalue weighted by Crippen LogP contribution is -1.91. The van der Waals surface area contributed by atoms with Gasteiger partial charge in [-0.2, -0.15) is 5.10 Å². The number of phenolic OH excluding ortho intramolecular Hbond substituents is 1. The van der Waals surface area contributed by atoms with E-state index in [0.29, 0.717) is 20.2 Å². The monoisotopic (exact) mass is 407 g/mol. The van der Waals surface area contributed by atoms with Gasteiger partial charge in [-0.05, 0) is 28.1 Å². The van der Waals surface area contributed by atoms with Crippen molar-refractivity contribution < 1.29 is 5.11 Å². The number of anilines is 1. The maximum absolute atomic E-state index is 9.85. The van der Waals surface area contributed by atoms with Gasteiger partial charge in [-0.25, -0.2) is 4.98 Å². The first-order valence-corrected chi connectivity index (χ1v) is 8.66. The van der Waals surface area contributed by atoms with E-state index in [4.69, 9.17) is 11.6 Å². The number of hydrogen-bond donors (Lipinski definition) is 2. The van der Waals surface area contributed by atoms with E-state index in [0.717, 1.165) is 11.3 Å². The van der Waals surface area contributed by atoms with Gasteiger partial charge in [0.1, 0.15) is 5.75 Å². The van der Waals surface area contributed by atoms with Gasteiger partial charge >= 0.3 is 0 Å². The Labute approximate surface area is 150 Å². The summed E-state index contributed by atoms with van der Waals surface area (Å²) in [6.45, 7) is 0. The molecular weight excluding hydrogens is 398 g/mol. The first-order chi connectivity index (χ1) is 11.1. The SMILES string of the molecule is Oc1cc(Br)c(Cl)cc1C=NNc1nc(-c2ccccc2)cs1. The first-order valence-electron chi connectivity index (χ1n) is 6.61. The average molecular weight is 409 g/mol. The Kier molecular flexibility index (Phi) is 4.95. The summed E-state index contributed by atoms with van der Waals surface area (Å²) in [6, 6.07) is 13.1. The van der Waals surface area contributed by atoms with Crippen LogP contribution in [0.3, 0.4) is 0 Å². The van der Waals surface area contributed by atoms with Gasteiger partial charge in [0.25, 0.3) is 0 Å². The van der Waals surface area contributed by atoms with Crippen LogP contribution >= 0.6 is 38.9 Å². The van der Waals surface area contributed by atoms with E-state index >= 15 is 0 Å². The van der Waals surface area contributed by atoms with Gasteiger partial charge in [0.15, 0.2) is 0 Å². The van der Waals surface area contributed by atoms with Crippen molar-refractivity contribution >= 4 is 50.2 Å². The molecule has 0 aliphatic carbocycles. The lowest BCUT2D eigenvalue weighted by molar-refractivity contribution is 0.474. The predicted octanol–water partition coefficient (Wildman–Crippen LogP) is 5.38. The fourth-order valence-electron chi connectivity index (χ4n) is 1.88. The van der Waals surface area contributed by atoms with Crippen LogP contribution < -0.4 is 5.43 Å². The standard InChI is InChI=1S/C16H11BrClN3OS/c17-12-7-15(22)11(6-13(12)18)8-19-21-16-20-14(9-23-16)10-4-2-1-3-5-10/h1-9,22H,(H,20,21). The van der Waals surface area contributed by atoms with Crippen molar-refractivity contribution in [2.24, 2.45) is 5.10 Å². The molecule has 0 aliphatic rings. The molecule has 0 unspecified atom stereocenters. The van der Waals surface area contributed by atoms with Crippen LogP contribution in [0.4, 0.5) is 5.13 Å². The van der Waals surface area contributed by atoms with Crippen molar-refractivity contribution in [3.8, 4) is 17.0 Å². The molecule has 3 aromatic rings. The number of nitrogens with one attached hydrogen (secondary N) is 1. The maximum atomic E-state index is 9.85. The van der Waals surface area contributed by atoms with E-state index in [-0.39, 0.29) is 5.75 Å². The normalized spacial score (nSPS) is 11.0. The molecule has 0 radical (unpaired) electrons. The first kappa shape index (κ1) is 16.0. The number of nitrogens with zero attached hydrogens (tertiary/aromatic N) is 2. The van der Waals surface area contributed by atoms with Gasteiger partial charge in [-0.1, -0.05) is 41.9 Å². The maximum Gasteiger partial charge on any atom is 0.203 e. The van der Waals surface area contributed by atoms with Gasteiger partial charge in [0.2, 0.25) is 5.13 Å². The number of hydrogen-bond acceptors (Lipinski definition) is 5. The third-order valence-corrected chi connectivity index (χ3v) is 4.95. The fourth-order valence-corrected chi connectivity index (χ4v) is 3.05. The Balaban J connectivity index is 1.72. The van der Waals surface area contributed by atoms with E-state index in [1.54, 1.807) is 6.07 Å². The number of benzene rings is 2. The number of rotatable bonds is 4. The van der Waals surface area contributed by atoms with Crippen LogP contribution in [0.1, 0.15) is 5.56 Å². The van der Waals surface area contributed by atoms with Crippen LogP contribution in [-0.4, -0.2) is 16.3 Å². The van der Waals surface area contributed by atoms with Crippen LogP contribution in [-0.2, 0) is 0 Å². The lowest BCUT2D eigenvalue weighted by atomic mass is 10.2. The summed E-state index contributed by atoms with van der Waals surface area (Å²) in [5.74, 6) is 0.0935. The van der Waals surface area contributed by atoms with Crippen LogP contribution in [0.5, 0.6) is 5.75 Å². The van der Waals surface area contributed by atoms with Crippen LogP contribution in [0.25, 0.3) is 11.3 Å². The number of phenols is 1. The Bertz CT molecular complexity index is 852. The third kappa shape index (κ3) is 3.90. The molecule has 3 rings (SSSR count). The van der Waals surface area contributed by atoms with Crippen molar-refractivity contribution in [1.82, 2.24) is 4.98 Å². The molecule has 0 fully saturated rings. The topological polar surface area (TPSA) is 57.5 Å². The summed E-state index contributed by atoms with van der Waals surface area (Å²) in [7, 11) is 0. The quantitative estimate of drug-likeness (QED) is 0.450. The highest BCUT2D eigenvalue weighted by atomic mass is 79.9. The van der Waals surface area contributed by atoms with E-state index in [9.17, 15) is 5.11 Å². The molecule has 0 aliphatic heterocycles. The lowest BCUT2D eigenvalue weighted by Gasteiger charge is -2.01. The molecule has 0 saturated heterocycles. The molecule has 0 amide bonds. The summed E-state index contributed by atoms with van der Waals surface area (Å²) < 4.78 is 0.634. The van der Waals surface area contributed by atoms with Gasteiger partial charge < -0.3 is 5.11 Å². The van der Waals surface area contributed by atoms with Crippen molar-refractivity contribution in [3.63, 3.8) is 0 Å². The molecule has 0 atom stereocenters. The van der Waals surface area contributed by atoms with Gasteiger partial charge in [0, 0.05) is 21.0 Å². The molecular formula is C16H11BrClN3OS. The molecule has 1 heterocycles. The Morgan fingerprint density at radius 3 is 2.83 bits per heavy atom. The average Bonchev–Trinajstić information content (AvgIpc) is 3.02. The number of halogens is 2. The molecule has 7 heteroatoms. The highest BCUT2D eigenvalue weighted by Crippen LogP contribution is 2.29. The second-order valence-electron chi connectivity index (χ2n) is 4.60. The van der Waals surface area contributed by atoms with E-state index in [1.165, 1.54) is 23.6 Å². The Hall–Kier alpha value is -1.89. The molecule has 0 saturated carbocycles. The zero-order valence-corrected chi connectivity index (χ0v) is 14.9. The minimum Gasteiger partial charge on any atom is -0.507 e. The minimum absolute atomic E-state index is 0.0935. The fraction of sp³-hybridized carbons (Fsp3) is 0. The number of aromatic nitrogens is 1. The number of aromatic hydroxyl groups is 1. The molecule has 1 aromatic heterocycles. The smallest absolute Gasteiger partial charge is 0.203 e. The molecule has 2 aromatic carbocycles. The largest absolute Gasteiger partial charge is 0.507 e. The molecule has 23 heavy (non-hydrogen) atoms. The molecule has 2 N–H and O–H groups in total. The third-order valence-electron chi connectivity index (χ3n) is 3.01. The van der Waals surface area contributed by atoms with E-state index in [2.05, 4.69) is 31.4 Å². The van der Waals surface area contributed by atoms with Crippen molar-refractivity contribution in [2.45, 2.75) is 0 Å². The Morgan fingerprint density at radius 1 is 1.26 bits per heavy atom. The van der Waals surface area contributed by atoms with Gasteiger partial charge in [-0.15, -0.1) is 11.3 Å². The second-order valence-corrected chi connectivity index (χ2v) is 6.72. The summed E-state index contributed by atoms with van der Waals surface area (Å²) in [5, 5.41) is 17.1. The minimum atomic E-state index is 0.0935. The predicted molar refractivity (Wildman–Crippen MR) is 99.6 cm³/mol. The number of hydrazone groups is 1. The highest BCUT2D eigenvalue weighted by Gasteiger charge is 2.05. The van der Waals surface area contributed by atoms with Crippen LogP contribution in [0.2, 0.25) is 5.02 Å². The summed E-state index contributed by atoms with van der Waals surface area (Å²) in [6.07, 6.45) is 1.50. The van der Waals surface area contributed by atoms with Crippen LogP contribution in [0.15, 0.2) is 57.4 Å². The molecule has 116 valence electrons. The van der Waals surface area contributed by atoms with E-state index < -0.39 is 0 Å². The number of thiazole rings is 1. The van der Waals surface area contributed by atoms with Gasteiger partial charge in [-0.3, -0.25) is 5.43 Å². The molecule has 0 bridgehead atoms. The molecule has 0 spiro atoms. The zero-order chi connectivity index (χ0) is 16.2. The Morgan fingerprint density at radius 2 is 2.04 bits per heavy atom. The summed E-state index contributed by atoms with van der Waals surface area (Å²) in [4.78, 5) is 4.46. The highest BCUT2D eigenvalue weighted by molar-refractivity contribution is 9.10. The van der Waals surface area contributed by atoms with Crippen molar-refractivity contribution in [2.75, 3.05) is 5.43 Å². The van der Waals surface area contributed by atoms with Crippen molar-refractivity contribution in [3.05, 3.63) is 62.9 Å². The van der Waals surface area contributed by atoms with Crippen LogP contribution in [0, 0.1) is 0 Å². The molecule has 4 nitrogen and oxygen atoms in total. The zero-order valence-electron chi connectivity index (χ0n) is 11.7. The van der Waals surface area contributed by atoms with E-state index in [1.807, 2.05) is 35.7 Å². The second kappa shape index (κ2) is 7.12.